The molecule has 21 heavy (non-hydrogen) atoms. The minimum Gasteiger partial charge on any atom is -0.314 e. The van der Waals surface area contributed by atoms with Crippen LogP contribution in [-0.2, 0) is 16.2 Å². The van der Waals surface area contributed by atoms with Crippen LogP contribution in [0.2, 0.25) is 0 Å². The van der Waals surface area contributed by atoms with Crippen LogP contribution in [0.15, 0.2) is 27.6 Å². The molecule has 1 aromatic carbocycles. The van der Waals surface area contributed by atoms with Crippen LogP contribution < -0.4 is 5.32 Å². The molecule has 1 N–H and O–H groups in total. The second-order valence-corrected chi connectivity index (χ2v) is 7.06. The van der Waals surface area contributed by atoms with Gasteiger partial charge in [-0.3, -0.25) is 0 Å². The van der Waals surface area contributed by atoms with Crippen LogP contribution in [0, 0.1) is 0 Å². The fourth-order valence-corrected chi connectivity index (χ4v) is 4.29. The maximum Gasteiger partial charge on any atom is 0.416 e. The van der Waals surface area contributed by atoms with Gasteiger partial charge in [0.25, 0.3) is 0 Å². The number of halogens is 5. The first-order valence-electron chi connectivity index (χ1n) is 5.80. The lowest BCUT2D eigenvalue weighted by Crippen LogP contribution is -2.46. The molecule has 2 rings (SSSR count). The van der Waals surface area contributed by atoms with E-state index in [9.17, 15) is 21.6 Å². The Morgan fingerprint density at radius 3 is 2.29 bits per heavy atom. The molecule has 120 valence electrons. The van der Waals surface area contributed by atoms with Crippen LogP contribution in [0.5, 0.6) is 0 Å². The average Bonchev–Trinajstić information content (AvgIpc) is 2.38. The zero-order valence-corrected chi connectivity index (χ0v) is 13.9. The molecule has 0 saturated carbocycles. The minimum absolute atomic E-state index is 0. The van der Waals surface area contributed by atoms with Gasteiger partial charge >= 0.3 is 6.18 Å². The molecule has 0 atom stereocenters. The first-order chi connectivity index (χ1) is 9.23. The van der Waals surface area contributed by atoms with E-state index in [0.717, 1.165) is 12.1 Å². The van der Waals surface area contributed by atoms with E-state index in [4.69, 9.17) is 0 Å². The molecule has 1 saturated heterocycles. The number of benzene rings is 1. The van der Waals surface area contributed by atoms with Gasteiger partial charge in [0.15, 0.2) is 0 Å². The normalized spacial score (nSPS) is 17.3. The summed E-state index contributed by atoms with van der Waals surface area (Å²) >= 11 is 3.01. The molecule has 0 radical (unpaired) electrons. The van der Waals surface area contributed by atoms with Crippen molar-refractivity contribution in [3.63, 3.8) is 0 Å². The number of hydrogen-bond acceptors (Lipinski definition) is 3. The first-order valence-corrected chi connectivity index (χ1v) is 8.04. The molecule has 1 aliphatic rings. The van der Waals surface area contributed by atoms with Crippen LogP contribution in [0.1, 0.15) is 5.56 Å². The molecule has 10 heteroatoms. The smallest absolute Gasteiger partial charge is 0.314 e. The van der Waals surface area contributed by atoms with E-state index in [2.05, 4.69) is 21.2 Å². The van der Waals surface area contributed by atoms with Gasteiger partial charge < -0.3 is 5.32 Å². The lowest BCUT2D eigenvalue weighted by atomic mass is 10.2. The molecule has 0 aliphatic carbocycles. The highest BCUT2D eigenvalue weighted by atomic mass is 79.9. The minimum atomic E-state index is -4.57. The van der Waals surface area contributed by atoms with Crippen LogP contribution >= 0.6 is 28.3 Å². The molecule has 1 heterocycles. The Morgan fingerprint density at radius 2 is 1.76 bits per heavy atom. The molecule has 0 amide bonds. The highest BCUT2D eigenvalue weighted by Crippen LogP contribution is 2.34. The van der Waals surface area contributed by atoms with Crippen molar-refractivity contribution in [1.29, 1.82) is 0 Å². The monoisotopic (exact) mass is 408 g/mol. The molecule has 0 spiro atoms. The molecule has 1 fully saturated rings. The third kappa shape index (κ3) is 4.10. The molecule has 1 aliphatic heterocycles. The van der Waals surface area contributed by atoms with Gasteiger partial charge in [0, 0.05) is 30.7 Å². The van der Waals surface area contributed by atoms with Gasteiger partial charge in [0.05, 0.1) is 10.5 Å². The zero-order chi connectivity index (χ0) is 15.0. The topological polar surface area (TPSA) is 49.4 Å². The largest absolute Gasteiger partial charge is 0.416 e. The van der Waals surface area contributed by atoms with Crippen molar-refractivity contribution in [3.05, 3.63) is 28.2 Å². The number of sulfonamides is 1. The number of nitrogens with zero attached hydrogens (tertiary/aromatic N) is 1. The van der Waals surface area contributed by atoms with Crippen molar-refractivity contribution < 1.29 is 21.6 Å². The van der Waals surface area contributed by atoms with Gasteiger partial charge in [-0.25, -0.2) is 8.42 Å². The Labute approximate surface area is 135 Å². The van der Waals surface area contributed by atoms with Gasteiger partial charge in [-0.15, -0.1) is 12.4 Å². The van der Waals surface area contributed by atoms with Gasteiger partial charge in [-0.1, -0.05) is 0 Å². The number of hydrogen-bond donors (Lipinski definition) is 1. The molecular formula is C11H13BrClF3N2O2S. The highest BCUT2D eigenvalue weighted by molar-refractivity contribution is 9.10. The lowest BCUT2D eigenvalue weighted by molar-refractivity contribution is -0.137. The average molecular weight is 410 g/mol. The van der Waals surface area contributed by atoms with Crippen molar-refractivity contribution in [2.45, 2.75) is 11.1 Å². The van der Waals surface area contributed by atoms with E-state index < -0.39 is 21.8 Å². The van der Waals surface area contributed by atoms with E-state index in [0.29, 0.717) is 19.2 Å². The van der Waals surface area contributed by atoms with Gasteiger partial charge in [0.1, 0.15) is 0 Å². The van der Waals surface area contributed by atoms with E-state index in [1.54, 1.807) is 0 Å². The number of nitrogens with one attached hydrogen (secondary N) is 1. The van der Waals surface area contributed by atoms with Crippen LogP contribution in [0.4, 0.5) is 13.2 Å². The van der Waals surface area contributed by atoms with Gasteiger partial charge in [-0.05, 0) is 34.1 Å². The Morgan fingerprint density at radius 1 is 1.19 bits per heavy atom. The summed E-state index contributed by atoms with van der Waals surface area (Å²) in [5, 5.41) is 2.99. The van der Waals surface area contributed by atoms with E-state index >= 15 is 0 Å². The van der Waals surface area contributed by atoms with E-state index in [1.165, 1.54) is 4.31 Å². The summed E-state index contributed by atoms with van der Waals surface area (Å²) in [7, 11) is -3.93. The SMILES string of the molecule is Cl.O=S(=O)(c1cc(C(F)(F)F)ccc1Br)N1CCNCC1. The van der Waals surface area contributed by atoms with Crippen molar-refractivity contribution >= 4 is 38.4 Å². The second kappa shape index (κ2) is 6.82. The van der Waals surface area contributed by atoms with E-state index in [-0.39, 0.29) is 34.9 Å². The molecular weight excluding hydrogens is 397 g/mol. The number of alkyl halides is 3. The lowest BCUT2D eigenvalue weighted by Gasteiger charge is -2.27. The second-order valence-electron chi connectivity index (χ2n) is 4.30. The molecule has 0 unspecified atom stereocenters. The maximum atomic E-state index is 12.7. The third-order valence-corrected chi connectivity index (χ3v) is 5.84. The summed E-state index contributed by atoms with van der Waals surface area (Å²) < 4.78 is 64.2. The fraction of sp³-hybridized carbons (Fsp3) is 0.455. The summed E-state index contributed by atoms with van der Waals surface area (Å²) in [5.74, 6) is 0. The quantitative estimate of drug-likeness (QED) is 0.816. The predicted molar refractivity (Wildman–Crippen MR) is 78.0 cm³/mol. The van der Waals surface area contributed by atoms with E-state index in [1.807, 2.05) is 0 Å². The maximum absolute atomic E-state index is 12.7. The van der Waals surface area contributed by atoms with Gasteiger partial charge in [0.2, 0.25) is 10.0 Å². The summed E-state index contributed by atoms with van der Waals surface area (Å²) in [6, 6.07) is 2.63. The fourth-order valence-electron chi connectivity index (χ4n) is 1.90. The van der Waals surface area contributed by atoms with Crippen LogP contribution in [-0.4, -0.2) is 38.9 Å². The summed E-state index contributed by atoms with van der Waals surface area (Å²) in [4.78, 5) is -0.353. The van der Waals surface area contributed by atoms with Crippen molar-refractivity contribution in [2.24, 2.45) is 0 Å². The molecule has 0 bridgehead atoms. The Balaban J connectivity index is 0.00000220. The summed E-state index contributed by atoms with van der Waals surface area (Å²) in [6.07, 6.45) is -4.57. The highest BCUT2D eigenvalue weighted by Gasteiger charge is 2.34. The first kappa shape index (κ1) is 18.7. The Bertz CT molecular complexity index is 604. The zero-order valence-electron chi connectivity index (χ0n) is 10.7. The van der Waals surface area contributed by atoms with Gasteiger partial charge in [-0.2, -0.15) is 17.5 Å². The predicted octanol–water partition coefficient (Wildman–Crippen LogP) is 2.48. The summed E-state index contributed by atoms with van der Waals surface area (Å²) in [6.45, 7) is 1.45. The number of piperazine rings is 1. The number of rotatable bonds is 2. The standard InChI is InChI=1S/C11H12BrF3N2O2S.ClH/c12-9-2-1-8(11(13,14)15)7-10(9)20(18,19)17-5-3-16-4-6-17;/h1-2,7,16H,3-6H2;1H. The Kier molecular flexibility index (Phi) is 6.08. The summed E-state index contributed by atoms with van der Waals surface area (Å²) in [5.41, 5.74) is -0.977. The third-order valence-electron chi connectivity index (χ3n) is 2.95. The van der Waals surface area contributed by atoms with Crippen LogP contribution in [0.3, 0.4) is 0 Å². The van der Waals surface area contributed by atoms with Crippen molar-refractivity contribution in [2.75, 3.05) is 26.2 Å². The Hall–Kier alpha value is -0.350. The molecule has 1 aromatic rings. The van der Waals surface area contributed by atoms with Crippen molar-refractivity contribution in [1.82, 2.24) is 9.62 Å². The van der Waals surface area contributed by atoms with Crippen LogP contribution in [0.25, 0.3) is 0 Å². The van der Waals surface area contributed by atoms with Crippen molar-refractivity contribution in [3.8, 4) is 0 Å². The molecule has 4 nitrogen and oxygen atoms in total. The molecule has 0 aromatic heterocycles.